The molecule has 0 saturated carbocycles. The van der Waals surface area contributed by atoms with Crippen LogP contribution in [-0.2, 0) is 6.18 Å². The highest BCUT2D eigenvalue weighted by atomic mass is 19.4. The van der Waals surface area contributed by atoms with Gasteiger partial charge in [0.1, 0.15) is 23.7 Å². The number of anilines is 2. The lowest BCUT2D eigenvalue weighted by Gasteiger charge is -2.11. The molecule has 0 fully saturated rings. The van der Waals surface area contributed by atoms with Gasteiger partial charge in [-0.1, -0.05) is 0 Å². The fraction of sp³-hybridized carbons (Fsp3) is 0.125. The summed E-state index contributed by atoms with van der Waals surface area (Å²) in [6, 6.07) is 5.83. The molecular weight excluding hydrogens is 359 g/mol. The Morgan fingerprint density at radius 1 is 1.00 bits per heavy atom. The van der Waals surface area contributed by atoms with Crippen LogP contribution in [0.3, 0.4) is 0 Å². The molecule has 136 valence electrons. The lowest BCUT2D eigenvalue weighted by atomic mass is 10.2. The van der Waals surface area contributed by atoms with Crippen molar-refractivity contribution in [3.05, 3.63) is 59.9 Å². The summed E-state index contributed by atoms with van der Waals surface area (Å²) in [5.41, 5.74) is -0.796. The van der Waals surface area contributed by atoms with Crippen LogP contribution in [0.2, 0.25) is 0 Å². The second kappa shape index (κ2) is 6.62. The molecule has 1 N–H and O–H groups in total. The second-order valence-electron chi connectivity index (χ2n) is 5.21. The van der Waals surface area contributed by atoms with Crippen molar-refractivity contribution in [3.8, 4) is 11.4 Å². The number of rotatable bonds is 4. The summed E-state index contributed by atoms with van der Waals surface area (Å²) < 4.78 is 71.3. The smallest absolute Gasteiger partial charge is 0.416 e. The van der Waals surface area contributed by atoms with E-state index < -0.39 is 23.4 Å². The summed E-state index contributed by atoms with van der Waals surface area (Å²) in [6.45, 7) is 0. The van der Waals surface area contributed by atoms with Gasteiger partial charge in [0.05, 0.1) is 18.4 Å². The fourth-order valence-corrected chi connectivity index (χ4v) is 2.20. The molecule has 3 rings (SSSR count). The minimum absolute atomic E-state index is 0.00559. The van der Waals surface area contributed by atoms with Crippen molar-refractivity contribution in [2.75, 3.05) is 12.4 Å². The average Bonchev–Trinajstić information content (AvgIpc) is 3.01. The third-order valence-electron chi connectivity index (χ3n) is 3.33. The molecule has 0 aliphatic rings. The number of nitrogens with zero attached hydrogens (tertiary/aromatic N) is 3. The summed E-state index contributed by atoms with van der Waals surface area (Å²) >= 11 is 0. The van der Waals surface area contributed by atoms with E-state index in [4.69, 9.17) is 4.74 Å². The largest absolute Gasteiger partial charge is 0.497 e. The van der Waals surface area contributed by atoms with E-state index in [9.17, 15) is 22.0 Å². The molecule has 5 nitrogen and oxygen atoms in total. The molecule has 2 aromatic carbocycles. The van der Waals surface area contributed by atoms with Crippen LogP contribution in [0.1, 0.15) is 5.56 Å². The molecule has 26 heavy (non-hydrogen) atoms. The SMILES string of the molecule is COc1cc(Nc2ncn(-c3cc(F)cc(F)c3)n2)cc(C(F)(F)F)c1. The highest BCUT2D eigenvalue weighted by Gasteiger charge is 2.31. The van der Waals surface area contributed by atoms with Crippen LogP contribution in [0, 0.1) is 11.6 Å². The summed E-state index contributed by atoms with van der Waals surface area (Å²) in [4.78, 5) is 3.87. The first kappa shape index (κ1) is 17.6. The van der Waals surface area contributed by atoms with E-state index >= 15 is 0 Å². The summed E-state index contributed by atoms with van der Waals surface area (Å²) in [5.74, 6) is -1.66. The van der Waals surface area contributed by atoms with Crippen LogP contribution in [-0.4, -0.2) is 21.9 Å². The highest BCUT2D eigenvalue weighted by Crippen LogP contribution is 2.34. The third-order valence-corrected chi connectivity index (χ3v) is 3.33. The number of nitrogens with one attached hydrogen (secondary N) is 1. The third kappa shape index (κ3) is 3.90. The number of hydrogen-bond donors (Lipinski definition) is 1. The monoisotopic (exact) mass is 370 g/mol. The zero-order valence-corrected chi connectivity index (χ0v) is 13.2. The Labute approximate surface area is 144 Å². The minimum Gasteiger partial charge on any atom is -0.497 e. The molecule has 0 saturated heterocycles. The molecule has 0 unspecified atom stereocenters. The Morgan fingerprint density at radius 2 is 1.69 bits per heavy atom. The molecule has 0 aliphatic heterocycles. The summed E-state index contributed by atoms with van der Waals surface area (Å²) in [7, 11) is 1.24. The first-order chi connectivity index (χ1) is 12.2. The molecule has 3 aromatic rings. The van der Waals surface area contributed by atoms with Gasteiger partial charge in [0, 0.05) is 17.8 Å². The molecule has 0 atom stereocenters. The van der Waals surface area contributed by atoms with E-state index in [0.29, 0.717) is 6.07 Å². The Bertz CT molecular complexity index is 918. The van der Waals surface area contributed by atoms with Gasteiger partial charge in [0.25, 0.3) is 0 Å². The van der Waals surface area contributed by atoms with Gasteiger partial charge in [-0.25, -0.2) is 13.5 Å². The van der Waals surface area contributed by atoms with Crippen LogP contribution < -0.4 is 10.1 Å². The maximum atomic E-state index is 13.3. The zero-order valence-electron chi connectivity index (χ0n) is 13.2. The zero-order chi connectivity index (χ0) is 18.9. The number of hydrogen-bond acceptors (Lipinski definition) is 4. The van der Waals surface area contributed by atoms with Gasteiger partial charge < -0.3 is 10.1 Å². The predicted octanol–water partition coefficient (Wildman–Crippen LogP) is 4.32. The number of benzene rings is 2. The van der Waals surface area contributed by atoms with E-state index in [1.807, 2.05) is 0 Å². The van der Waals surface area contributed by atoms with E-state index in [1.165, 1.54) is 19.5 Å². The first-order valence-corrected chi connectivity index (χ1v) is 7.16. The van der Waals surface area contributed by atoms with E-state index in [-0.39, 0.29) is 23.1 Å². The lowest BCUT2D eigenvalue weighted by molar-refractivity contribution is -0.137. The standard InChI is InChI=1S/C16H11F5N4O/c1-26-14-3-9(16(19,20)21)2-12(7-14)23-15-22-8-25(24-15)13-5-10(17)4-11(18)6-13/h2-8H,1H3,(H,23,24). The Kier molecular flexibility index (Phi) is 4.49. The van der Waals surface area contributed by atoms with Gasteiger partial charge in [-0.15, -0.1) is 5.10 Å². The van der Waals surface area contributed by atoms with E-state index in [1.54, 1.807) is 0 Å². The number of methoxy groups -OCH3 is 1. The maximum absolute atomic E-state index is 13.3. The molecule has 0 amide bonds. The number of halogens is 5. The first-order valence-electron chi connectivity index (χ1n) is 7.16. The molecule has 0 aliphatic carbocycles. The number of ether oxygens (including phenoxy) is 1. The van der Waals surface area contributed by atoms with Gasteiger partial charge in [-0.05, 0) is 24.3 Å². The molecule has 1 aromatic heterocycles. The fourth-order valence-electron chi connectivity index (χ4n) is 2.20. The van der Waals surface area contributed by atoms with Crippen LogP contribution in [0.5, 0.6) is 5.75 Å². The molecule has 1 heterocycles. The van der Waals surface area contributed by atoms with Crippen LogP contribution in [0.4, 0.5) is 33.6 Å². The van der Waals surface area contributed by atoms with Crippen LogP contribution >= 0.6 is 0 Å². The van der Waals surface area contributed by atoms with Crippen molar-refractivity contribution in [1.82, 2.24) is 14.8 Å². The summed E-state index contributed by atoms with van der Waals surface area (Å²) in [5, 5.41) is 6.54. The Hall–Kier alpha value is -3.17. The topological polar surface area (TPSA) is 52.0 Å². The molecule has 0 radical (unpaired) electrons. The molecule has 0 bridgehead atoms. The van der Waals surface area contributed by atoms with Crippen molar-refractivity contribution in [3.63, 3.8) is 0 Å². The minimum atomic E-state index is -4.56. The van der Waals surface area contributed by atoms with Crippen LogP contribution in [0.15, 0.2) is 42.7 Å². The average molecular weight is 370 g/mol. The van der Waals surface area contributed by atoms with Gasteiger partial charge >= 0.3 is 6.18 Å². The van der Waals surface area contributed by atoms with Gasteiger partial charge in [-0.3, -0.25) is 0 Å². The lowest BCUT2D eigenvalue weighted by Crippen LogP contribution is -2.06. The van der Waals surface area contributed by atoms with Crippen molar-refractivity contribution >= 4 is 11.6 Å². The summed E-state index contributed by atoms with van der Waals surface area (Å²) in [6.07, 6.45) is -3.39. The van der Waals surface area contributed by atoms with Gasteiger partial charge in [0.2, 0.25) is 5.95 Å². The van der Waals surface area contributed by atoms with Crippen molar-refractivity contribution in [1.29, 1.82) is 0 Å². The Balaban J connectivity index is 1.89. The Morgan fingerprint density at radius 3 is 2.31 bits per heavy atom. The van der Waals surface area contributed by atoms with Crippen molar-refractivity contribution in [2.24, 2.45) is 0 Å². The quantitative estimate of drug-likeness (QED) is 0.695. The van der Waals surface area contributed by atoms with Gasteiger partial charge in [0.15, 0.2) is 0 Å². The van der Waals surface area contributed by atoms with Crippen molar-refractivity contribution in [2.45, 2.75) is 6.18 Å². The van der Waals surface area contributed by atoms with E-state index in [2.05, 4.69) is 15.4 Å². The van der Waals surface area contributed by atoms with Crippen molar-refractivity contribution < 1.29 is 26.7 Å². The predicted molar refractivity (Wildman–Crippen MR) is 82.6 cm³/mol. The number of aromatic nitrogens is 3. The second-order valence-corrected chi connectivity index (χ2v) is 5.21. The maximum Gasteiger partial charge on any atom is 0.416 e. The van der Waals surface area contributed by atoms with Crippen LogP contribution in [0.25, 0.3) is 5.69 Å². The molecular formula is C16H11F5N4O. The normalized spacial score (nSPS) is 11.5. The highest BCUT2D eigenvalue weighted by molar-refractivity contribution is 5.58. The molecule has 10 heteroatoms. The number of alkyl halides is 3. The van der Waals surface area contributed by atoms with Gasteiger partial charge in [-0.2, -0.15) is 18.2 Å². The van der Waals surface area contributed by atoms with E-state index in [0.717, 1.165) is 28.9 Å². The molecule has 0 spiro atoms.